The third kappa shape index (κ3) is 4.19. The second kappa shape index (κ2) is 8.02. The molecule has 0 aliphatic carbocycles. The van der Waals surface area contributed by atoms with Gasteiger partial charge in [-0.25, -0.2) is 4.79 Å². The SMILES string of the molecule is O=C(O)c1cccc(Cn2ccc3cc(OCc4ccccc4)ccc3c2=O)c1. The molecule has 1 aromatic heterocycles. The molecule has 0 aliphatic rings. The summed E-state index contributed by atoms with van der Waals surface area (Å²) in [5.74, 6) is -0.284. The van der Waals surface area contributed by atoms with Crippen LogP contribution >= 0.6 is 0 Å². The second-order valence-electron chi connectivity index (χ2n) is 6.78. The molecule has 4 aromatic rings. The van der Waals surface area contributed by atoms with Crippen molar-refractivity contribution in [1.82, 2.24) is 4.57 Å². The van der Waals surface area contributed by atoms with Crippen LogP contribution in [-0.4, -0.2) is 15.6 Å². The number of ether oxygens (including phenoxy) is 1. The second-order valence-corrected chi connectivity index (χ2v) is 6.78. The maximum atomic E-state index is 12.8. The first kappa shape index (κ1) is 18.5. The van der Waals surface area contributed by atoms with Crippen LogP contribution in [0.4, 0.5) is 0 Å². The van der Waals surface area contributed by atoms with Gasteiger partial charge in [-0.1, -0.05) is 42.5 Å². The van der Waals surface area contributed by atoms with Crippen LogP contribution < -0.4 is 10.3 Å². The topological polar surface area (TPSA) is 68.5 Å². The molecular formula is C24H19NO4. The van der Waals surface area contributed by atoms with E-state index in [0.717, 1.165) is 16.5 Å². The number of carbonyl (C=O) groups is 1. The summed E-state index contributed by atoms with van der Waals surface area (Å²) in [5, 5.41) is 10.5. The van der Waals surface area contributed by atoms with E-state index in [2.05, 4.69) is 0 Å². The molecule has 3 aromatic carbocycles. The summed E-state index contributed by atoms with van der Waals surface area (Å²) in [6, 6.07) is 23.8. The Labute approximate surface area is 167 Å². The van der Waals surface area contributed by atoms with Gasteiger partial charge in [0.2, 0.25) is 0 Å². The van der Waals surface area contributed by atoms with E-state index in [1.54, 1.807) is 35.0 Å². The van der Waals surface area contributed by atoms with Crippen molar-refractivity contribution in [3.8, 4) is 5.75 Å². The summed E-state index contributed by atoms with van der Waals surface area (Å²) in [4.78, 5) is 24.0. The van der Waals surface area contributed by atoms with E-state index in [4.69, 9.17) is 9.84 Å². The normalized spacial score (nSPS) is 10.8. The average molecular weight is 385 g/mol. The first-order valence-corrected chi connectivity index (χ1v) is 9.22. The Hall–Kier alpha value is -3.86. The van der Waals surface area contributed by atoms with E-state index in [9.17, 15) is 9.59 Å². The fraction of sp³-hybridized carbons (Fsp3) is 0.0833. The third-order valence-electron chi connectivity index (χ3n) is 4.72. The summed E-state index contributed by atoms with van der Waals surface area (Å²) in [6.07, 6.45) is 1.72. The quantitative estimate of drug-likeness (QED) is 0.536. The van der Waals surface area contributed by atoms with Gasteiger partial charge >= 0.3 is 5.97 Å². The number of carboxylic acids is 1. The van der Waals surface area contributed by atoms with Crippen molar-refractivity contribution in [3.05, 3.63) is 112 Å². The van der Waals surface area contributed by atoms with Crippen molar-refractivity contribution in [2.75, 3.05) is 0 Å². The van der Waals surface area contributed by atoms with Crippen LogP contribution in [0.2, 0.25) is 0 Å². The molecule has 0 fully saturated rings. The van der Waals surface area contributed by atoms with Crippen molar-refractivity contribution in [2.45, 2.75) is 13.2 Å². The number of nitrogens with zero attached hydrogens (tertiary/aromatic N) is 1. The smallest absolute Gasteiger partial charge is 0.335 e. The van der Waals surface area contributed by atoms with Gasteiger partial charge in [-0.3, -0.25) is 4.79 Å². The standard InChI is InChI=1S/C24H19NO4/c26-23-22-10-9-21(29-16-17-5-2-1-3-6-17)14-19(22)11-12-25(23)15-18-7-4-8-20(13-18)24(27)28/h1-14H,15-16H2,(H,27,28). The maximum absolute atomic E-state index is 12.8. The van der Waals surface area contributed by atoms with Crippen LogP contribution in [0.25, 0.3) is 10.8 Å². The van der Waals surface area contributed by atoms with Gasteiger partial charge in [0, 0.05) is 11.6 Å². The van der Waals surface area contributed by atoms with Crippen LogP contribution in [0.5, 0.6) is 5.75 Å². The van der Waals surface area contributed by atoms with Gasteiger partial charge in [0.05, 0.1) is 12.1 Å². The average Bonchev–Trinajstić information content (AvgIpc) is 2.75. The molecular weight excluding hydrogens is 366 g/mol. The molecule has 4 rings (SSSR count). The van der Waals surface area contributed by atoms with Gasteiger partial charge in [0.1, 0.15) is 12.4 Å². The molecule has 0 aliphatic heterocycles. The van der Waals surface area contributed by atoms with Gasteiger partial charge in [0.15, 0.2) is 0 Å². The third-order valence-corrected chi connectivity index (χ3v) is 4.72. The highest BCUT2D eigenvalue weighted by Gasteiger charge is 2.07. The lowest BCUT2D eigenvalue weighted by Gasteiger charge is -2.10. The summed E-state index contributed by atoms with van der Waals surface area (Å²) >= 11 is 0. The van der Waals surface area contributed by atoms with Crippen molar-refractivity contribution < 1.29 is 14.6 Å². The number of fused-ring (bicyclic) bond motifs is 1. The Morgan fingerprint density at radius 1 is 0.897 bits per heavy atom. The predicted octanol–water partition coefficient (Wildman–Crippen LogP) is 4.33. The van der Waals surface area contributed by atoms with E-state index in [1.165, 1.54) is 6.07 Å². The van der Waals surface area contributed by atoms with Crippen LogP contribution in [0.15, 0.2) is 89.9 Å². The molecule has 0 amide bonds. The van der Waals surface area contributed by atoms with Gasteiger partial charge in [-0.05, 0) is 52.9 Å². The largest absolute Gasteiger partial charge is 0.489 e. The van der Waals surface area contributed by atoms with Crippen molar-refractivity contribution in [1.29, 1.82) is 0 Å². The van der Waals surface area contributed by atoms with Crippen LogP contribution in [0, 0.1) is 0 Å². The fourth-order valence-electron chi connectivity index (χ4n) is 3.22. The molecule has 144 valence electrons. The highest BCUT2D eigenvalue weighted by atomic mass is 16.5. The number of hydrogen-bond acceptors (Lipinski definition) is 3. The van der Waals surface area contributed by atoms with Gasteiger partial charge < -0.3 is 14.4 Å². The van der Waals surface area contributed by atoms with E-state index >= 15 is 0 Å². The lowest BCUT2D eigenvalue weighted by Crippen LogP contribution is -2.20. The molecule has 5 nitrogen and oxygen atoms in total. The molecule has 0 unspecified atom stereocenters. The van der Waals surface area contributed by atoms with E-state index in [-0.39, 0.29) is 11.1 Å². The minimum Gasteiger partial charge on any atom is -0.489 e. The van der Waals surface area contributed by atoms with Crippen LogP contribution in [-0.2, 0) is 13.2 Å². The summed E-state index contributed by atoms with van der Waals surface area (Å²) in [7, 11) is 0. The monoisotopic (exact) mass is 385 g/mol. The van der Waals surface area contributed by atoms with Crippen molar-refractivity contribution >= 4 is 16.7 Å². The zero-order chi connectivity index (χ0) is 20.2. The Kier molecular flexibility index (Phi) is 5.12. The molecule has 0 spiro atoms. The molecule has 0 radical (unpaired) electrons. The molecule has 1 heterocycles. The Morgan fingerprint density at radius 2 is 1.69 bits per heavy atom. The van der Waals surface area contributed by atoms with E-state index in [1.807, 2.05) is 48.5 Å². The zero-order valence-electron chi connectivity index (χ0n) is 15.6. The van der Waals surface area contributed by atoms with Crippen LogP contribution in [0.3, 0.4) is 0 Å². The molecule has 5 heteroatoms. The highest BCUT2D eigenvalue weighted by molar-refractivity contribution is 5.87. The minimum atomic E-state index is -0.985. The molecule has 0 atom stereocenters. The lowest BCUT2D eigenvalue weighted by atomic mass is 10.1. The Balaban J connectivity index is 1.57. The number of hydrogen-bond donors (Lipinski definition) is 1. The number of carboxylic acid groups (broad SMARTS) is 1. The number of benzene rings is 3. The van der Waals surface area contributed by atoms with Gasteiger partial charge in [-0.15, -0.1) is 0 Å². The maximum Gasteiger partial charge on any atom is 0.335 e. The number of pyridine rings is 1. The summed E-state index contributed by atoms with van der Waals surface area (Å²) in [6.45, 7) is 0.769. The van der Waals surface area contributed by atoms with Crippen molar-refractivity contribution in [2.24, 2.45) is 0 Å². The molecule has 29 heavy (non-hydrogen) atoms. The van der Waals surface area contributed by atoms with E-state index in [0.29, 0.717) is 24.3 Å². The van der Waals surface area contributed by atoms with Gasteiger partial charge in [0.25, 0.3) is 5.56 Å². The molecule has 0 bridgehead atoms. The molecule has 0 saturated carbocycles. The zero-order valence-corrected chi connectivity index (χ0v) is 15.6. The van der Waals surface area contributed by atoms with Gasteiger partial charge in [-0.2, -0.15) is 0 Å². The summed E-state index contributed by atoms with van der Waals surface area (Å²) < 4.78 is 7.41. The minimum absolute atomic E-state index is 0.127. The van der Waals surface area contributed by atoms with Crippen LogP contribution in [0.1, 0.15) is 21.5 Å². The predicted molar refractivity (Wildman–Crippen MR) is 111 cm³/mol. The molecule has 0 saturated heterocycles. The number of aromatic carboxylic acids is 1. The fourth-order valence-corrected chi connectivity index (χ4v) is 3.22. The molecule has 1 N–H and O–H groups in total. The first-order valence-electron chi connectivity index (χ1n) is 9.22. The van der Waals surface area contributed by atoms with Crippen molar-refractivity contribution in [3.63, 3.8) is 0 Å². The lowest BCUT2D eigenvalue weighted by molar-refractivity contribution is 0.0696. The first-order chi connectivity index (χ1) is 14.1. The Bertz CT molecular complexity index is 1230. The number of aromatic nitrogens is 1. The highest BCUT2D eigenvalue weighted by Crippen LogP contribution is 2.20. The van der Waals surface area contributed by atoms with E-state index < -0.39 is 5.97 Å². The summed E-state index contributed by atoms with van der Waals surface area (Å²) in [5.41, 5.74) is 1.91. The Morgan fingerprint density at radius 3 is 2.48 bits per heavy atom. The number of rotatable bonds is 6.